The summed E-state index contributed by atoms with van der Waals surface area (Å²) in [5.41, 5.74) is 1.17. The molecule has 0 saturated heterocycles. The second kappa shape index (κ2) is 39.4. The first-order chi connectivity index (χ1) is 27.4. The molecule has 1 amide bonds. The smallest absolute Gasteiger partial charge is 0.308 e. The van der Waals surface area contributed by atoms with Gasteiger partial charge in [0.15, 0.2) is 0 Å². The Bertz CT molecular complexity index is 992. The molecule has 0 saturated carbocycles. The van der Waals surface area contributed by atoms with E-state index in [4.69, 9.17) is 9.47 Å². The van der Waals surface area contributed by atoms with E-state index in [9.17, 15) is 14.4 Å². The van der Waals surface area contributed by atoms with Gasteiger partial charge in [0.25, 0.3) is 0 Å². The summed E-state index contributed by atoms with van der Waals surface area (Å²) in [4.78, 5) is 42.4. The van der Waals surface area contributed by atoms with Crippen LogP contribution in [0, 0.1) is 11.8 Å². The number of nitrogens with zero attached hydrogens (tertiary/aromatic N) is 1. The van der Waals surface area contributed by atoms with Gasteiger partial charge in [0, 0.05) is 13.9 Å². The van der Waals surface area contributed by atoms with Crippen LogP contribution in [0.25, 0.3) is 0 Å². The fourth-order valence-electron chi connectivity index (χ4n) is 7.36. The summed E-state index contributed by atoms with van der Waals surface area (Å²) in [6, 6.07) is 10.2. The Labute approximate surface area is 348 Å². The van der Waals surface area contributed by atoms with Gasteiger partial charge >= 0.3 is 11.9 Å². The molecule has 0 bridgehead atoms. The maximum atomic E-state index is 13.8. The Morgan fingerprint density at radius 3 is 1.30 bits per heavy atom. The normalized spacial score (nSPS) is 12.6. The first-order valence-corrected chi connectivity index (χ1v) is 23.7. The molecule has 0 heterocycles. The largest absolute Gasteiger partial charge is 0.464 e. The summed E-state index contributed by atoms with van der Waals surface area (Å²) in [5.74, 6) is -0.450. The van der Waals surface area contributed by atoms with Crippen LogP contribution in [0.15, 0.2) is 30.3 Å². The molecule has 1 rings (SSSR count). The van der Waals surface area contributed by atoms with Crippen molar-refractivity contribution in [1.82, 2.24) is 10.2 Å². The van der Waals surface area contributed by atoms with Gasteiger partial charge in [-0.3, -0.25) is 14.4 Å². The number of nitrogens with one attached hydrogen (secondary N) is 1. The average Bonchev–Trinajstić information content (AvgIpc) is 3.22. The highest BCUT2D eigenvalue weighted by atomic mass is 16.5. The summed E-state index contributed by atoms with van der Waals surface area (Å²) >= 11 is 0. The van der Waals surface area contributed by atoms with Crippen molar-refractivity contribution < 1.29 is 25.3 Å². The van der Waals surface area contributed by atoms with Gasteiger partial charge in [-0.1, -0.05) is 200 Å². The van der Waals surface area contributed by atoms with Crippen molar-refractivity contribution in [2.75, 3.05) is 33.4 Å². The fourth-order valence-corrected chi connectivity index (χ4v) is 7.36. The molecule has 56 heavy (non-hydrogen) atoms. The van der Waals surface area contributed by atoms with Crippen LogP contribution in [-0.2, 0) is 30.3 Å². The Hall–Kier alpha value is -2.41. The number of unbranched alkanes of at least 4 members (excludes halogenated alkanes) is 16. The minimum Gasteiger partial charge on any atom is -0.464 e. The number of rotatable bonds is 37. The zero-order valence-electron chi connectivity index (χ0n) is 37.8. The third-order valence-corrected chi connectivity index (χ3v) is 11.0. The number of hydrogen-bond acceptors (Lipinski definition) is 6. The van der Waals surface area contributed by atoms with Crippen LogP contribution in [0.2, 0.25) is 0 Å². The number of ether oxygens (including phenoxy) is 2. The SMILES string of the molecule is CC.CCCCCCCCC(CCCCCC)C(=O)OCCN(CCOC(=O)C(CCCCCC)CCCCCCCC)C(=O)CC(Cc1ccccc1)NC.[HH]. The standard InChI is InChI=1S/C47H84N2O5.C2H6.H2/c1-6-10-14-18-20-27-33-42(31-25-16-12-8-3)46(51)53-37-35-49(45(50)40-44(48-5)39-41-29-23-22-24-30-41)36-38-54-47(52)43(32-26-17-13-9-4)34-28-21-19-15-11-7-2;1-2;/h22-24,29-30,42-44,48H,6-21,25-28,31-40H2,1-5H3;1-2H3;1H. The number of hydrogen-bond donors (Lipinski definition) is 1. The third kappa shape index (κ3) is 28.9. The molecule has 7 heteroatoms. The predicted octanol–water partition coefficient (Wildman–Crippen LogP) is 13.1. The molecule has 0 aliphatic rings. The molecule has 1 aromatic carbocycles. The van der Waals surface area contributed by atoms with E-state index < -0.39 is 0 Å². The minimum atomic E-state index is -0.128. The Balaban J connectivity index is 0. The molecule has 0 spiro atoms. The van der Waals surface area contributed by atoms with Gasteiger partial charge in [-0.15, -0.1) is 0 Å². The third-order valence-electron chi connectivity index (χ3n) is 11.0. The quantitative estimate of drug-likeness (QED) is 0.0534. The fraction of sp³-hybridized carbons (Fsp3) is 0.816. The lowest BCUT2D eigenvalue weighted by atomic mass is 9.94. The zero-order chi connectivity index (χ0) is 41.5. The van der Waals surface area contributed by atoms with Crippen LogP contribution in [0.1, 0.15) is 209 Å². The van der Waals surface area contributed by atoms with Gasteiger partial charge in [0.2, 0.25) is 5.91 Å². The van der Waals surface area contributed by atoms with Crippen LogP contribution in [0.5, 0.6) is 0 Å². The van der Waals surface area contributed by atoms with Crippen molar-refractivity contribution in [2.24, 2.45) is 11.8 Å². The summed E-state index contributed by atoms with van der Waals surface area (Å²) in [6.45, 7) is 13.8. The second-order valence-electron chi connectivity index (χ2n) is 15.8. The van der Waals surface area contributed by atoms with Gasteiger partial charge in [0.05, 0.1) is 24.9 Å². The monoisotopic (exact) mass is 789 g/mol. The number of carbonyl (C=O) groups is 3. The van der Waals surface area contributed by atoms with E-state index in [1.165, 1.54) is 82.6 Å². The lowest BCUT2D eigenvalue weighted by Crippen LogP contribution is -2.42. The highest BCUT2D eigenvalue weighted by Crippen LogP contribution is 2.22. The molecule has 0 aliphatic heterocycles. The first kappa shape index (κ1) is 53.6. The molecule has 1 aromatic rings. The zero-order valence-corrected chi connectivity index (χ0v) is 37.8. The minimum absolute atomic E-state index is 0. The number of benzene rings is 1. The van der Waals surface area contributed by atoms with Gasteiger partial charge in [0.1, 0.15) is 13.2 Å². The molecule has 328 valence electrons. The van der Waals surface area contributed by atoms with Crippen LogP contribution >= 0.6 is 0 Å². The molecular formula is C49H92N2O5. The van der Waals surface area contributed by atoms with Crippen molar-refractivity contribution in [3.05, 3.63) is 35.9 Å². The predicted molar refractivity (Wildman–Crippen MR) is 240 cm³/mol. The molecule has 0 aromatic heterocycles. The lowest BCUT2D eigenvalue weighted by Gasteiger charge is -2.26. The molecule has 0 fully saturated rings. The lowest BCUT2D eigenvalue weighted by molar-refractivity contribution is -0.152. The highest BCUT2D eigenvalue weighted by molar-refractivity contribution is 5.77. The van der Waals surface area contributed by atoms with E-state index in [0.29, 0.717) is 19.5 Å². The topological polar surface area (TPSA) is 84.9 Å². The molecule has 3 unspecified atom stereocenters. The Morgan fingerprint density at radius 2 is 0.929 bits per heavy atom. The van der Waals surface area contributed by atoms with Crippen LogP contribution in [-0.4, -0.2) is 62.1 Å². The van der Waals surface area contributed by atoms with E-state index in [1.54, 1.807) is 4.90 Å². The highest BCUT2D eigenvalue weighted by Gasteiger charge is 2.24. The summed E-state index contributed by atoms with van der Waals surface area (Å²) in [7, 11) is 1.89. The second-order valence-corrected chi connectivity index (χ2v) is 15.8. The summed E-state index contributed by atoms with van der Waals surface area (Å²) in [6.07, 6.45) is 28.1. The summed E-state index contributed by atoms with van der Waals surface area (Å²) < 4.78 is 11.8. The van der Waals surface area contributed by atoms with Crippen LogP contribution in [0.3, 0.4) is 0 Å². The van der Waals surface area contributed by atoms with Crippen molar-refractivity contribution >= 4 is 17.8 Å². The maximum Gasteiger partial charge on any atom is 0.308 e. The van der Waals surface area contributed by atoms with E-state index in [0.717, 1.165) is 83.5 Å². The first-order valence-electron chi connectivity index (χ1n) is 23.7. The van der Waals surface area contributed by atoms with Gasteiger partial charge in [-0.05, 0) is 44.7 Å². The maximum absolute atomic E-state index is 13.8. The van der Waals surface area contributed by atoms with Crippen molar-refractivity contribution in [1.29, 1.82) is 0 Å². The van der Waals surface area contributed by atoms with E-state index in [1.807, 2.05) is 39.1 Å². The van der Waals surface area contributed by atoms with E-state index in [2.05, 4.69) is 45.1 Å². The van der Waals surface area contributed by atoms with Crippen LogP contribution < -0.4 is 5.32 Å². The molecule has 1 N–H and O–H groups in total. The molecule has 0 aliphatic carbocycles. The van der Waals surface area contributed by atoms with Gasteiger partial charge < -0.3 is 19.7 Å². The summed E-state index contributed by atoms with van der Waals surface area (Å²) in [5, 5.41) is 3.32. The van der Waals surface area contributed by atoms with E-state index >= 15 is 0 Å². The molecular weight excluding hydrogens is 697 g/mol. The van der Waals surface area contributed by atoms with Crippen molar-refractivity contribution in [3.63, 3.8) is 0 Å². The van der Waals surface area contributed by atoms with Gasteiger partial charge in [-0.25, -0.2) is 0 Å². The van der Waals surface area contributed by atoms with Gasteiger partial charge in [-0.2, -0.15) is 0 Å². The average molecular weight is 789 g/mol. The van der Waals surface area contributed by atoms with Crippen molar-refractivity contribution in [3.8, 4) is 0 Å². The number of likely N-dealkylation sites (N-methyl/N-ethyl adjacent to an activating group) is 1. The number of amides is 1. The molecule has 7 nitrogen and oxygen atoms in total. The number of esters is 2. The van der Waals surface area contributed by atoms with E-state index in [-0.39, 0.29) is 50.4 Å². The number of carbonyl (C=O) groups excluding carboxylic acids is 3. The van der Waals surface area contributed by atoms with Crippen LogP contribution in [0.4, 0.5) is 0 Å². The Morgan fingerprint density at radius 1 is 0.571 bits per heavy atom. The Kier molecular flexibility index (Phi) is 37.7. The molecule has 3 atom stereocenters. The van der Waals surface area contributed by atoms with Crippen molar-refractivity contribution in [2.45, 2.75) is 215 Å². The molecule has 0 radical (unpaired) electrons.